The molecule has 1 N–H and O–H groups in total. The van der Waals surface area contributed by atoms with Crippen LogP contribution in [0.5, 0.6) is 0 Å². The number of anilines is 1. The molecule has 214 valence electrons. The maximum atomic E-state index is 14.1. The van der Waals surface area contributed by atoms with E-state index in [1.54, 1.807) is 48.5 Å². The highest BCUT2D eigenvalue weighted by Crippen LogP contribution is 2.26. The largest absolute Gasteiger partial charge is 0.354 e. The second-order valence-electron chi connectivity index (χ2n) is 10.4. The van der Waals surface area contributed by atoms with Crippen molar-refractivity contribution in [3.05, 3.63) is 94.0 Å². The molecular formula is C31H38BrN3O4S. The van der Waals surface area contributed by atoms with Crippen molar-refractivity contribution in [3.8, 4) is 0 Å². The van der Waals surface area contributed by atoms with E-state index in [0.29, 0.717) is 18.7 Å². The summed E-state index contributed by atoms with van der Waals surface area (Å²) in [5.41, 5.74) is 3.17. The molecule has 0 radical (unpaired) electrons. The highest BCUT2D eigenvalue weighted by Gasteiger charge is 2.33. The zero-order valence-electron chi connectivity index (χ0n) is 23.7. The fourth-order valence-corrected chi connectivity index (χ4v) is 6.00. The van der Waals surface area contributed by atoms with E-state index in [2.05, 4.69) is 21.2 Å². The van der Waals surface area contributed by atoms with Crippen LogP contribution in [0.25, 0.3) is 0 Å². The van der Waals surface area contributed by atoms with E-state index in [1.807, 2.05) is 58.9 Å². The summed E-state index contributed by atoms with van der Waals surface area (Å²) in [6, 6.07) is 20.3. The fourth-order valence-electron chi connectivity index (χ4n) is 4.32. The van der Waals surface area contributed by atoms with E-state index in [0.717, 1.165) is 25.5 Å². The van der Waals surface area contributed by atoms with Crippen LogP contribution in [-0.2, 0) is 26.2 Å². The monoisotopic (exact) mass is 627 g/mol. The van der Waals surface area contributed by atoms with Crippen molar-refractivity contribution in [1.82, 2.24) is 10.2 Å². The Hall–Kier alpha value is -3.17. The molecule has 0 bridgehead atoms. The Balaban J connectivity index is 2.04. The summed E-state index contributed by atoms with van der Waals surface area (Å²) in [7, 11) is -4.10. The molecule has 7 nitrogen and oxygen atoms in total. The van der Waals surface area contributed by atoms with Crippen LogP contribution in [0.1, 0.15) is 43.9 Å². The lowest BCUT2D eigenvalue weighted by atomic mass is 10.1. The molecule has 0 aromatic heterocycles. The molecule has 3 aromatic carbocycles. The predicted octanol–water partition coefficient (Wildman–Crippen LogP) is 5.84. The first-order valence-corrected chi connectivity index (χ1v) is 15.6. The zero-order chi connectivity index (χ0) is 29.4. The van der Waals surface area contributed by atoms with Gasteiger partial charge in [0.05, 0.1) is 10.6 Å². The van der Waals surface area contributed by atoms with E-state index in [9.17, 15) is 18.0 Å². The Morgan fingerprint density at radius 1 is 0.925 bits per heavy atom. The second-order valence-corrected chi connectivity index (χ2v) is 13.2. The van der Waals surface area contributed by atoms with Gasteiger partial charge in [-0.25, -0.2) is 8.42 Å². The number of hydrogen-bond donors (Lipinski definition) is 1. The molecule has 1 atom stereocenters. The second kappa shape index (κ2) is 13.9. The summed E-state index contributed by atoms with van der Waals surface area (Å²) < 4.78 is 29.7. The smallest absolute Gasteiger partial charge is 0.264 e. The number of aryl methyl sites for hydroxylation is 2. The standard InChI is InChI=1S/C31H38BrN3O4S/c1-6-29(31(37)33-19-22(2)3)34(20-25-9-7-8-24(5)18-25)30(36)21-35(27-14-12-26(32)13-15-27)40(38,39)28-16-10-23(4)11-17-28/h7-18,22,29H,6,19-21H2,1-5H3,(H,33,37)/t29-/m1/s1. The molecule has 0 spiro atoms. The van der Waals surface area contributed by atoms with Gasteiger partial charge in [-0.1, -0.05) is 84.2 Å². The van der Waals surface area contributed by atoms with Crippen molar-refractivity contribution in [2.75, 3.05) is 17.4 Å². The van der Waals surface area contributed by atoms with Crippen LogP contribution in [0.3, 0.4) is 0 Å². The molecule has 0 saturated carbocycles. The van der Waals surface area contributed by atoms with Crippen LogP contribution in [-0.4, -0.2) is 44.3 Å². The molecule has 40 heavy (non-hydrogen) atoms. The number of nitrogens with zero attached hydrogens (tertiary/aromatic N) is 2. The van der Waals surface area contributed by atoms with Gasteiger partial charge in [0.25, 0.3) is 10.0 Å². The summed E-state index contributed by atoms with van der Waals surface area (Å²) in [5, 5.41) is 2.95. The fraction of sp³-hybridized carbons (Fsp3) is 0.355. The highest BCUT2D eigenvalue weighted by molar-refractivity contribution is 9.10. The molecule has 9 heteroatoms. The molecule has 0 aliphatic carbocycles. The third-order valence-corrected chi connectivity index (χ3v) is 8.83. The number of carbonyl (C=O) groups excluding carboxylic acids is 2. The minimum Gasteiger partial charge on any atom is -0.354 e. The molecule has 0 saturated heterocycles. The van der Waals surface area contributed by atoms with Gasteiger partial charge in [0, 0.05) is 17.6 Å². The van der Waals surface area contributed by atoms with Crippen LogP contribution in [0.4, 0.5) is 5.69 Å². The molecule has 0 fully saturated rings. The maximum absolute atomic E-state index is 14.1. The van der Waals surface area contributed by atoms with Crippen LogP contribution in [0, 0.1) is 19.8 Å². The molecule has 0 aliphatic rings. The quantitative estimate of drug-likeness (QED) is 0.273. The van der Waals surface area contributed by atoms with Crippen molar-refractivity contribution in [1.29, 1.82) is 0 Å². The SMILES string of the molecule is CC[C@H](C(=O)NCC(C)C)N(Cc1cccc(C)c1)C(=O)CN(c1ccc(Br)cc1)S(=O)(=O)c1ccc(C)cc1. The molecule has 0 heterocycles. The summed E-state index contributed by atoms with van der Waals surface area (Å²) in [6.07, 6.45) is 0.379. The van der Waals surface area contributed by atoms with Gasteiger partial charge in [0.1, 0.15) is 12.6 Å². The number of halogens is 1. The van der Waals surface area contributed by atoms with E-state index in [1.165, 1.54) is 4.90 Å². The lowest BCUT2D eigenvalue weighted by Gasteiger charge is -2.33. The molecule has 2 amide bonds. The first kappa shape index (κ1) is 31.4. The Bertz CT molecular complexity index is 1410. The van der Waals surface area contributed by atoms with Gasteiger partial charge in [-0.3, -0.25) is 13.9 Å². The molecular weight excluding hydrogens is 590 g/mol. The van der Waals surface area contributed by atoms with E-state index < -0.39 is 28.5 Å². The van der Waals surface area contributed by atoms with Gasteiger partial charge in [0.2, 0.25) is 11.8 Å². The number of amides is 2. The third-order valence-electron chi connectivity index (χ3n) is 6.51. The summed E-state index contributed by atoms with van der Waals surface area (Å²) in [4.78, 5) is 29.0. The van der Waals surface area contributed by atoms with Crippen LogP contribution >= 0.6 is 15.9 Å². The topological polar surface area (TPSA) is 86.8 Å². The number of rotatable bonds is 12. The van der Waals surface area contributed by atoms with Crippen molar-refractivity contribution >= 4 is 43.5 Å². The first-order valence-electron chi connectivity index (χ1n) is 13.4. The van der Waals surface area contributed by atoms with Gasteiger partial charge < -0.3 is 10.2 Å². The average molecular weight is 629 g/mol. The number of nitrogens with one attached hydrogen (secondary N) is 1. The Morgan fingerprint density at radius 2 is 1.57 bits per heavy atom. The van der Waals surface area contributed by atoms with Crippen LogP contribution in [0.2, 0.25) is 0 Å². The molecule has 3 aromatic rings. The van der Waals surface area contributed by atoms with Crippen LogP contribution < -0.4 is 9.62 Å². The number of hydrogen-bond acceptors (Lipinski definition) is 4. The Labute approximate surface area is 246 Å². The summed E-state index contributed by atoms with van der Waals surface area (Å²) in [6.45, 7) is 9.90. The van der Waals surface area contributed by atoms with Gasteiger partial charge >= 0.3 is 0 Å². The lowest BCUT2D eigenvalue weighted by Crippen LogP contribution is -2.52. The van der Waals surface area contributed by atoms with Gasteiger partial charge in [-0.05, 0) is 68.1 Å². The Kier molecular flexibility index (Phi) is 10.9. The van der Waals surface area contributed by atoms with Crippen molar-refractivity contribution < 1.29 is 18.0 Å². The molecule has 0 unspecified atom stereocenters. The number of carbonyl (C=O) groups is 2. The lowest BCUT2D eigenvalue weighted by molar-refractivity contribution is -0.140. The first-order chi connectivity index (χ1) is 18.9. The third kappa shape index (κ3) is 8.17. The van der Waals surface area contributed by atoms with Gasteiger partial charge in [0.15, 0.2) is 0 Å². The predicted molar refractivity (Wildman–Crippen MR) is 164 cm³/mol. The van der Waals surface area contributed by atoms with Gasteiger partial charge in [-0.15, -0.1) is 0 Å². The summed E-state index contributed by atoms with van der Waals surface area (Å²) >= 11 is 3.40. The van der Waals surface area contributed by atoms with Crippen molar-refractivity contribution in [3.63, 3.8) is 0 Å². The summed E-state index contributed by atoms with van der Waals surface area (Å²) in [5.74, 6) is -0.477. The highest BCUT2D eigenvalue weighted by atomic mass is 79.9. The van der Waals surface area contributed by atoms with Crippen molar-refractivity contribution in [2.45, 2.75) is 58.5 Å². The minimum absolute atomic E-state index is 0.0840. The molecule has 3 rings (SSSR count). The average Bonchev–Trinajstić information content (AvgIpc) is 2.91. The van der Waals surface area contributed by atoms with Crippen LogP contribution in [0.15, 0.2) is 82.2 Å². The normalized spacial score (nSPS) is 12.2. The number of sulfonamides is 1. The molecule has 0 aliphatic heterocycles. The van der Waals surface area contributed by atoms with E-state index in [-0.39, 0.29) is 23.3 Å². The van der Waals surface area contributed by atoms with E-state index in [4.69, 9.17) is 0 Å². The maximum Gasteiger partial charge on any atom is 0.264 e. The van der Waals surface area contributed by atoms with Crippen molar-refractivity contribution in [2.24, 2.45) is 5.92 Å². The minimum atomic E-state index is -4.10. The Morgan fingerprint density at radius 3 is 2.15 bits per heavy atom. The van der Waals surface area contributed by atoms with Gasteiger partial charge in [-0.2, -0.15) is 0 Å². The number of benzene rings is 3. The van der Waals surface area contributed by atoms with E-state index >= 15 is 0 Å². The zero-order valence-corrected chi connectivity index (χ0v) is 26.1.